The summed E-state index contributed by atoms with van der Waals surface area (Å²) >= 11 is 0. The number of carboxylic acids is 1. The Hall–Kier alpha value is -1.94. The minimum Gasteiger partial charge on any atom is -0.478 e. The van der Waals surface area contributed by atoms with E-state index in [1.807, 2.05) is 24.3 Å². The van der Waals surface area contributed by atoms with Crippen LogP contribution in [0.2, 0.25) is 0 Å². The minimum absolute atomic E-state index is 0.352. The average Bonchev–Trinajstić information content (AvgIpc) is 2.54. The van der Waals surface area contributed by atoms with E-state index in [2.05, 4.69) is 16.8 Å². The highest BCUT2D eigenvalue weighted by Crippen LogP contribution is 2.24. The van der Waals surface area contributed by atoms with Crippen LogP contribution in [-0.2, 0) is 6.54 Å². The summed E-state index contributed by atoms with van der Waals surface area (Å²) in [5.74, 6) is -0.884. The number of hydrogen-bond acceptors (Lipinski definition) is 3. The van der Waals surface area contributed by atoms with Crippen LogP contribution in [0.15, 0.2) is 30.3 Å². The lowest BCUT2D eigenvalue weighted by Gasteiger charge is -2.35. The Morgan fingerprint density at radius 1 is 1.36 bits per heavy atom. The number of aromatic carboxylic acids is 1. The number of pyridine rings is 1. The predicted octanol–water partition coefficient (Wildman–Crippen LogP) is 3.70. The second kappa shape index (κ2) is 6.44. The first-order chi connectivity index (χ1) is 10.7. The average molecular weight is 298 g/mol. The van der Waals surface area contributed by atoms with Gasteiger partial charge in [0.1, 0.15) is 0 Å². The van der Waals surface area contributed by atoms with Gasteiger partial charge in [-0.1, -0.05) is 31.5 Å². The molecule has 1 atom stereocenters. The molecule has 0 amide bonds. The van der Waals surface area contributed by atoms with Gasteiger partial charge in [-0.2, -0.15) is 0 Å². The fourth-order valence-corrected chi connectivity index (χ4v) is 3.43. The van der Waals surface area contributed by atoms with Crippen molar-refractivity contribution in [1.29, 1.82) is 0 Å². The molecule has 1 N–H and O–H groups in total. The molecule has 1 aliphatic heterocycles. The minimum atomic E-state index is -0.884. The number of nitrogens with zero attached hydrogens (tertiary/aromatic N) is 2. The van der Waals surface area contributed by atoms with Crippen molar-refractivity contribution in [2.24, 2.45) is 0 Å². The molecule has 0 saturated carbocycles. The maximum absolute atomic E-state index is 11.5. The lowest BCUT2D eigenvalue weighted by molar-refractivity contribution is 0.0698. The molecule has 0 spiro atoms. The van der Waals surface area contributed by atoms with Gasteiger partial charge in [-0.15, -0.1) is 0 Å². The molecule has 1 saturated heterocycles. The van der Waals surface area contributed by atoms with Crippen LogP contribution >= 0.6 is 0 Å². The Bertz CT molecular complexity index is 684. The number of benzene rings is 1. The monoisotopic (exact) mass is 298 g/mol. The third-order valence-corrected chi connectivity index (χ3v) is 4.59. The van der Waals surface area contributed by atoms with Gasteiger partial charge in [0.2, 0.25) is 0 Å². The zero-order chi connectivity index (χ0) is 15.5. The van der Waals surface area contributed by atoms with Crippen LogP contribution in [0.5, 0.6) is 0 Å². The van der Waals surface area contributed by atoms with Crippen LogP contribution in [-0.4, -0.2) is 33.5 Å². The Balaban J connectivity index is 1.95. The Kier molecular flexibility index (Phi) is 4.39. The van der Waals surface area contributed by atoms with E-state index in [1.54, 1.807) is 6.07 Å². The summed E-state index contributed by atoms with van der Waals surface area (Å²) in [6, 6.07) is 9.81. The van der Waals surface area contributed by atoms with E-state index < -0.39 is 5.97 Å². The topological polar surface area (TPSA) is 53.4 Å². The SMILES string of the molecule is CCC1CCCCN1Cc1cc(C(=O)O)c2ccccc2n1. The van der Waals surface area contributed by atoms with Crippen LogP contribution in [0.3, 0.4) is 0 Å². The first kappa shape index (κ1) is 15.0. The molecule has 0 bridgehead atoms. The highest BCUT2D eigenvalue weighted by atomic mass is 16.4. The normalized spacial score (nSPS) is 19.4. The smallest absolute Gasteiger partial charge is 0.336 e. The molecule has 0 radical (unpaired) electrons. The van der Waals surface area contributed by atoms with Gasteiger partial charge in [0, 0.05) is 18.0 Å². The molecule has 0 aliphatic carbocycles. The first-order valence-electron chi connectivity index (χ1n) is 8.05. The van der Waals surface area contributed by atoms with Gasteiger partial charge in [-0.3, -0.25) is 9.88 Å². The largest absolute Gasteiger partial charge is 0.478 e. The number of piperidine rings is 1. The molecule has 3 rings (SSSR count). The van der Waals surface area contributed by atoms with Gasteiger partial charge in [0.05, 0.1) is 16.8 Å². The summed E-state index contributed by atoms with van der Waals surface area (Å²) < 4.78 is 0. The molecule has 1 unspecified atom stereocenters. The molecule has 4 nitrogen and oxygen atoms in total. The van der Waals surface area contributed by atoms with Crippen LogP contribution in [0.1, 0.15) is 48.7 Å². The van der Waals surface area contributed by atoms with Gasteiger partial charge in [0.25, 0.3) is 0 Å². The second-order valence-corrected chi connectivity index (χ2v) is 6.01. The number of para-hydroxylation sites is 1. The summed E-state index contributed by atoms with van der Waals surface area (Å²) in [5.41, 5.74) is 1.98. The van der Waals surface area contributed by atoms with Gasteiger partial charge < -0.3 is 5.11 Å². The lowest BCUT2D eigenvalue weighted by Crippen LogP contribution is -2.38. The zero-order valence-corrected chi connectivity index (χ0v) is 13.0. The fourth-order valence-electron chi connectivity index (χ4n) is 3.43. The summed E-state index contributed by atoms with van der Waals surface area (Å²) in [6.07, 6.45) is 4.88. The molecule has 1 aromatic heterocycles. The number of carbonyl (C=O) groups is 1. The van der Waals surface area contributed by atoms with Crippen molar-refractivity contribution in [2.45, 2.75) is 45.2 Å². The molecule has 1 fully saturated rings. The Morgan fingerprint density at radius 2 is 2.18 bits per heavy atom. The number of aromatic nitrogens is 1. The number of likely N-dealkylation sites (tertiary alicyclic amines) is 1. The number of rotatable bonds is 4. The van der Waals surface area contributed by atoms with E-state index >= 15 is 0 Å². The number of fused-ring (bicyclic) bond motifs is 1. The highest BCUT2D eigenvalue weighted by molar-refractivity contribution is 6.02. The van der Waals surface area contributed by atoms with E-state index in [-0.39, 0.29) is 0 Å². The first-order valence-corrected chi connectivity index (χ1v) is 8.05. The molecule has 2 aromatic rings. The van der Waals surface area contributed by atoms with Gasteiger partial charge >= 0.3 is 5.97 Å². The van der Waals surface area contributed by atoms with E-state index in [0.717, 1.165) is 30.7 Å². The maximum Gasteiger partial charge on any atom is 0.336 e. The number of hydrogen-bond donors (Lipinski definition) is 1. The summed E-state index contributed by atoms with van der Waals surface area (Å²) in [5, 5.41) is 10.2. The van der Waals surface area contributed by atoms with Crippen molar-refractivity contribution >= 4 is 16.9 Å². The van der Waals surface area contributed by atoms with E-state index in [9.17, 15) is 9.90 Å². The van der Waals surface area contributed by atoms with Crippen molar-refractivity contribution in [2.75, 3.05) is 6.54 Å². The van der Waals surface area contributed by atoms with Crippen molar-refractivity contribution < 1.29 is 9.90 Å². The molecular weight excluding hydrogens is 276 g/mol. The molecule has 2 heterocycles. The fraction of sp³-hybridized carbons (Fsp3) is 0.444. The molecule has 1 aliphatic rings. The summed E-state index contributed by atoms with van der Waals surface area (Å²) in [7, 11) is 0. The molecule has 1 aromatic carbocycles. The van der Waals surface area contributed by atoms with Crippen LogP contribution < -0.4 is 0 Å². The van der Waals surface area contributed by atoms with Crippen LogP contribution in [0.25, 0.3) is 10.9 Å². The zero-order valence-electron chi connectivity index (χ0n) is 13.0. The predicted molar refractivity (Wildman–Crippen MR) is 87.0 cm³/mol. The third-order valence-electron chi connectivity index (χ3n) is 4.59. The van der Waals surface area contributed by atoms with E-state index in [1.165, 1.54) is 19.3 Å². The molecule has 116 valence electrons. The quantitative estimate of drug-likeness (QED) is 0.935. The van der Waals surface area contributed by atoms with Gasteiger partial charge in [-0.25, -0.2) is 4.79 Å². The highest BCUT2D eigenvalue weighted by Gasteiger charge is 2.22. The van der Waals surface area contributed by atoms with Crippen molar-refractivity contribution in [3.63, 3.8) is 0 Å². The maximum atomic E-state index is 11.5. The van der Waals surface area contributed by atoms with E-state index in [0.29, 0.717) is 17.0 Å². The third kappa shape index (κ3) is 2.97. The van der Waals surface area contributed by atoms with Crippen molar-refractivity contribution in [3.05, 3.63) is 41.6 Å². The lowest BCUT2D eigenvalue weighted by atomic mass is 9.99. The van der Waals surface area contributed by atoms with Gasteiger partial charge in [0.15, 0.2) is 0 Å². The van der Waals surface area contributed by atoms with E-state index in [4.69, 9.17) is 0 Å². The van der Waals surface area contributed by atoms with Crippen LogP contribution in [0.4, 0.5) is 0 Å². The Morgan fingerprint density at radius 3 is 2.95 bits per heavy atom. The second-order valence-electron chi connectivity index (χ2n) is 6.01. The van der Waals surface area contributed by atoms with Crippen LogP contribution in [0, 0.1) is 0 Å². The van der Waals surface area contributed by atoms with Crippen molar-refractivity contribution in [1.82, 2.24) is 9.88 Å². The summed E-state index contributed by atoms with van der Waals surface area (Å²) in [4.78, 5) is 18.7. The molecule has 4 heteroatoms. The van der Waals surface area contributed by atoms with Crippen molar-refractivity contribution in [3.8, 4) is 0 Å². The summed E-state index contributed by atoms with van der Waals surface area (Å²) in [6.45, 7) is 4.04. The standard InChI is InChI=1S/C18H22N2O2/c1-2-14-7-5-6-10-20(14)12-13-11-16(18(21)22)15-8-3-4-9-17(15)19-13/h3-4,8-9,11,14H,2,5-7,10,12H2,1H3,(H,21,22). The number of carboxylic acid groups (broad SMARTS) is 1. The molecule has 22 heavy (non-hydrogen) atoms. The molecular formula is C18H22N2O2. The van der Waals surface area contributed by atoms with Gasteiger partial charge in [-0.05, 0) is 37.9 Å². The Labute approximate surface area is 130 Å².